The Morgan fingerprint density at radius 1 is 1.05 bits per heavy atom. The molecule has 3 aromatic rings. The zero-order valence-electron chi connectivity index (χ0n) is 11.2. The number of carbonyl (C=O) groups excluding carboxylic acids is 1. The Bertz CT molecular complexity index is 816. The molecule has 1 amide bonds. The minimum absolute atomic E-state index is 0.230. The number of aromatic nitrogens is 1. The Morgan fingerprint density at radius 3 is 2.55 bits per heavy atom. The molecule has 1 aromatic heterocycles. The van der Waals surface area contributed by atoms with Crippen LogP contribution < -0.4 is 5.32 Å². The lowest BCUT2D eigenvalue weighted by atomic mass is 10.1. The minimum atomic E-state index is -0.325. The number of hydrogen-bond acceptors (Lipinski definition) is 3. The van der Waals surface area contributed by atoms with E-state index in [0.717, 1.165) is 14.5 Å². The maximum absolute atomic E-state index is 12.2. The standard InChI is InChI=1S/C16H10Br2N2O2/c17-11-6-7-13(12(18)8-11)19-16(21)14-9-15(22-20-14)10-4-2-1-3-5-10/h1-9H,(H,19,21). The average molecular weight is 422 g/mol. The summed E-state index contributed by atoms with van der Waals surface area (Å²) < 4.78 is 6.93. The van der Waals surface area contributed by atoms with Crippen LogP contribution in [0.2, 0.25) is 0 Å². The van der Waals surface area contributed by atoms with Gasteiger partial charge in [-0.25, -0.2) is 0 Å². The Balaban J connectivity index is 1.80. The van der Waals surface area contributed by atoms with Gasteiger partial charge in [0.25, 0.3) is 5.91 Å². The van der Waals surface area contributed by atoms with Crippen LogP contribution in [0.5, 0.6) is 0 Å². The third-order valence-corrected chi connectivity index (χ3v) is 4.13. The summed E-state index contributed by atoms with van der Waals surface area (Å²) in [6.07, 6.45) is 0. The van der Waals surface area contributed by atoms with E-state index in [-0.39, 0.29) is 11.6 Å². The highest BCUT2D eigenvalue weighted by Crippen LogP contribution is 2.27. The number of rotatable bonds is 3. The molecule has 1 N–H and O–H groups in total. The topological polar surface area (TPSA) is 55.1 Å². The zero-order chi connectivity index (χ0) is 15.5. The van der Waals surface area contributed by atoms with Crippen molar-refractivity contribution in [1.29, 1.82) is 0 Å². The third-order valence-electron chi connectivity index (χ3n) is 2.98. The van der Waals surface area contributed by atoms with E-state index >= 15 is 0 Å². The van der Waals surface area contributed by atoms with Gasteiger partial charge in [-0.3, -0.25) is 4.79 Å². The second kappa shape index (κ2) is 6.46. The van der Waals surface area contributed by atoms with Gasteiger partial charge in [0.15, 0.2) is 11.5 Å². The number of nitrogens with zero attached hydrogens (tertiary/aromatic N) is 1. The van der Waals surface area contributed by atoms with Gasteiger partial charge in [0, 0.05) is 20.6 Å². The van der Waals surface area contributed by atoms with Crippen LogP contribution in [0.4, 0.5) is 5.69 Å². The molecule has 0 fully saturated rings. The average Bonchev–Trinajstić information content (AvgIpc) is 3.01. The second-order valence-corrected chi connectivity index (χ2v) is 6.29. The maximum atomic E-state index is 12.2. The summed E-state index contributed by atoms with van der Waals surface area (Å²) in [4.78, 5) is 12.2. The van der Waals surface area contributed by atoms with Crippen molar-refractivity contribution < 1.29 is 9.32 Å². The van der Waals surface area contributed by atoms with E-state index < -0.39 is 0 Å². The summed E-state index contributed by atoms with van der Waals surface area (Å²) in [6, 6.07) is 16.6. The molecule has 0 spiro atoms. The van der Waals surface area contributed by atoms with E-state index in [2.05, 4.69) is 42.3 Å². The number of nitrogens with one attached hydrogen (secondary N) is 1. The van der Waals surface area contributed by atoms with Crippen LogP contribution in [0.25, 0.3) is 11.3 Å². The molecule has 2 aromatic carbocycles. The van der Waals surface area contributed by atoms with Gasteiger partial charge in [-0.1, -0.05) is 51.4 Å². The number of carbonyl (C=O) groups is 1. The smallest absolute Gasteiger partial charge is 0.277 e. The van der Waals surface area contributed by atoms with E-state index in [1.165, 1.54) is 0 Å². The van der Waals surface area contributed by atoms with Crippen LogP contribution in [0.15, 0.2) is 68.1 Å². The van der Waals surface area contributed by atoms with Crippen molar-refractivity contribution in [2.75, 3.05) is 5.32 Å². The van der Waals surface area contributed by atoms with Crippen LogP contribution in [-0.4, -0.2) is 11.1 Å². The number of anilines is 1. The largest absolute Gasteiger partial charge is 0.355 e. The van der Waals surface area contributed by atoms with Crippen molar-refractivity contribution in [1.82, 2.24) is 5.16 Å². The lowest BCUT2D eigenvalue weighted by molar-refractivity contribution is 0.101. The SMILES string of the molecule is O=C(Nc1ccc(Br)cc1Br)c1cc(-c2ccccc2)on1. The van der Waals surface area contributed by atoms with Crippen molar-refractivity contribution in [3.63, 3.8) is 0 Å². The maximum Gasteiger partial charge on any atom is 0.277 e. The molecule has 22 heavy (non-hydrogen) atoms. The first-order valence-corrected chi connectivity index (χ1v) is 8.00. The van der Waals surface area contributed by atoms with Crippen LogP contribution >= 0.6 is 31.9 Å². The third kappa shape index (κ3) is 3.28. The Kier molecular flexibility index (Phi) is 4.40. The van der Waals surface area contributed by atoms with Crippen LogP contribution in [0, 0.1) is 0 Å². The monoisotopic (exact) mass is 420 g/mol. The Labute approximate surface area is 143 Å². The fourth-order valence-corrected chi connectivity index (χ4v) is 3.04. The van der Waals surface area contributed by atoms with Gasteiger partial charge in [0.2, 0.25) is 0 Å². The minimum Gasteiger partial charge on any atom is -0.355 e. The lowest BCUT2D eigenvalue weighted by Crippen LogP contribution is -2.12. The first-order chi connectivity index (χ1) is 10.6. The molecule has 0 saturated carbocycles. The number of halogens is 2. The van der Waals surface area contributed by atoms with Gasteiger partial charge in [-0.05, 0) is 34.1 Å². The van der Waals surface area contributed by atoms with Gasteiger partial charge < -0.3 is 9.84 Å². The van der Waals surface area contributed by atoms with E-state index in [4.69, 9.17) is 4.52 Å². The molecule has 1 heterocycles. The molecule has 0 aliphatic heterocycles. The molecule has 0 saturated heterocycles. The van der Waals surface area contributed by atoms with Crippen molar-refractivity contribution in [2.45, 2.75) is 0 Å². The molecular weight excluding hydrogens is 412 g/mol. The summed E-state index contributed by atoms with van der Waals surface area (Å²) >= 11 is 6.77. The highest BCUT2D eigenvalue weighted by molar-refractivity contribution is 9.11. The normalized spacial score (nSPS) is 10.5. The molecule has 3 rings (SSSR count). The molecule has 6 heteroatoms. The summed E-state index contributed by atoms with van der Waals surface area (Å²) in [6.45, 7) is 0. The van der Waals surface area contributed by atoms with Crippen molar-refractivity contribution in [2.24, 2.45) is 0 Å². The van der Waals surface area contributed by atoms with Crippen LogP contribution in [-0.2, 0) is 0 Å². The summed E-state index contributed by atoms with van der Waals surface area (Å²) in [5, 5.41) is 6.61. The number of benzene rings is 2. The van der Waals surface area contributed by atoms with Crippen LogP contribution in [0.1, 0.15) is 10.5 Å². The highest BCUT2D eigenvalue weighted by Gasteiger charge is 2.14. The molecule has 0 unspecified atom stereocenters. The van der Waals surface area contributed by atoms with Gasteiger partial charge in [0.05, 0.1) is 5.69 Å². The summed E-state index contributed by atoms with van der Waals surface area (Å²) in [7, 11) is 0. The highest BCUT2D eigenvalue weighted by atomic mass is 79.9. The van der Waals surface area contributed by atoms with E-state index in [1.54, 1.807) is 12.1 Å². The molecule has 0 atom stereocenters. The second-order valence-electron chi connectivity index (χ2n) is 4.52. The predicted molar refractivity (Wildman–Crippen MR) is 91.7 cm³/mol. The van der Waals surface area contributed by atoms with E-state index in [0.29, 0.717) is 11.4 Å². The zero-order valence-corrected chi connectivity index (χ0v) is 14.4. The molecular formula is C16H10Br2N2O2. The molecule has 0 aliphatic rings. The van der Waals surface area contributed by atoms with Gasteiger partial charge in [-0.2, -0.15) is 0 Å². The number of amides is 1. The summed E-state index contributed by atoms with van der Waals surface area (Å²) in [5.74, 6) is 0.231. The quantitative estimate of drug-likeness (QED) is 0.638. The molecule has 110 valence electrons. The fraction of sp³-hybridized carbons (Fsp3) is 0. The van der Waals surface area contributed by atoms with E-state index in [9.17, 15) is 4.79 Å². The van der Waals surface area contributed by atoms with Crippen LogP contribution in [0.3, 0.4) is 0 Å². The number of hydrogen-bond donors (Lipinski definition) is 1. The summed E-state index contributed by atoms with van der Waals surface area (Å²) in [5.41, 5.74) is 1.77. The van der Waals surface area contributed by atoms with E-state index in [1.807, 2.05) is 42.5 Å². The first kappa shape index (κ1) is 15.0. The first-order valence-electron chi connectivity index (χ1n) is 6.42. The molecule has 0 bridgehead atoms. The Hall–Kier alpha value is -1.92. The van der Waals surface area contributed by atoms with Crippen molar-refractivity contribution in [3.05, 3.63) is 69.2 Å². The molecule has 0 aliphatic carbocycles. The van der Waals surface area contributed by atoms with Crippen molar-refractivity contribution >= 4 is 43.5 Å². The van der Waals surface area contributed by atoms with Gasteiger partial charge in [0.1, 0.15) is 0 Å². The molecule has 4 nitrogen and oxygen atoms in total. The fourth-order valence-electron chi connectivity index (χ4n) is 1.90. The molecule has 0 radical (unpaired) electrons. The van der Waals surface area contributed by atoms with Gasteiger partial charge >= 0.3 is 0 Å². The predicted octanol–water partition coefficient (Wildman–Crippen LogP) is 5.12. The Morgan fingerprint density at radius 2 is 1.82 bits per heavy atom. The lowest BCUT2D eigenvalue weighted by Gasteiger charge is -2.05. The van der Waals surface area contributed by atoms with Crippen molar-refractivity contribution in [3.8, 4) is 11.3 Å². The van der Waals surface area contributed by atoms with Gasteiger partial charge in [-0.15, -0.1) is 0 Å².